The van der Waals surface area contributed by atoms with E-state index in [-0.39, 0.29) is 17.6 Å². The fourth-order valence-electron chi connectivity index (χ4n) is 3.96. The van der Waals surface area contributed by atoms with E-state index in [0.717, 1.165) is 17.7 Å². The number of benzene rings is 3. The molecule has 1 aliphatic heterocycles. The molecule has 0 spiro atoms. The molecule has 4 rings (SSSR count). The van der Waals surface area contributed by atoms with Crippen LogP contribution in [-0.4, -0.2) is 17.4 Å². The van der Waals surface area contributed by atoms with Crippen LogP contribution in [-0.2, 0) is 6.42 Å². The van der Waals surface area contributed by atoms with Gasteiger partial charge in [-0.25, -0.2) is 4.39 Å². The Labute approximate surface area is 182 Å². The molecule has 0 bridgehead atoms. The second kappa shape index (κ2) is 9.31. The monoisotopic (exact) mass is 418 g/mol. The number of aryl methyl sites for hydroxylation is 1. The second-order valence-electron chi connectivity index (χ2n) is 7.60. The smallest absolute Gasteiger partial charge is 0.162 e. The van der Waals surface area contributed by atoms with Gasteiger partial charge in [0.1, 0.15) is 12.0 Å². The molecule has 0 fully saturated rings. The van der Waals surface area contributed by atoms with Crippen LogP contribution in [0.2, 0.25) is 0 Å². The van der Waals surface area contributed by atoms with Crippen molar-refractivity contribution in [2.45, 2.75) is 38.9 Å². The Morgan fingerprint density at radius 2 is 1.74 bits per heavy atom. The molecule has 3 aromatic carbocycles. The van der Waals surface area contributed by atoms with E-state index in [1.807, 2.05) is 25.1 Å². The molecule has 0 radical (unpaired) electrons. The standard InChI is InChI=1S/C26H27FN2O2/c1-3-17-12-14-18(15-13-17)22-16-23(20-9-7-11-24(25(20)30)31-4-2)29-26(28-22)19-8-5-6-10-21(19)27/h5-15,23,26,29-30H,3-4,16H2,1-2H3/t23-,26-/m1/s1. The lowest BCUT2D eigenvalue weighted by Crippen LogP contribution is -2.33. The molecule has 0 aromatic heterocycles. The minimum atomic E-state index is -0.559. The van der Waals surface area contributed by atoms with Gasteiger partial charge in [-0.3, -0.25) is 10.3 Å². The van der Waals surface area contributed by atoms with Crippen LogP contribution in [0.25, 0.3) is 0 Å². The minimum absolute atomic E-state index is 0.108. The topological polar surface area (TPSA) is 53.8 Å². The Hall–Kier alpha value is -3.18. The molecular weight excluding hydrogens is 391 g/mol. The molecule has 2 N–H and O–H groups in total. The molecule has 2 atom stereocenters. The van der Waals surface area contributed by atoms with E-state index >= 15 is 0 Å². The molecule has 31 heavy (non-hydrogen) atoms. The maximum absolute atomic E-state index is 14.6. The van der Waals surface area contributed by atoms with Crippen LogP contribution < -0.4 is 10.1 Å². The molecule has 0 amide bonds. The zero-order valence-electron chi connectivity index (χ0n) is 17.8. The number of rotatable bonds is 6. The van der Waals surface area contributed by atoms with Crippen LogP contribution in [0.15, 0.2) is 71.7 Å². The third-order valence-corrected chi connectivity index (χ3v) is 5.64. The molecule has 3 aromatic rings. The van der Waals surface area contributed by atoms with E-state index in [1.54, 1.807) is 18.2 Å². The molecule has 1 heterocycles. The molecule has 5 heteroatoms. The van der Waals surface area contributed by atoms with Gasteiger partial charge in [0, 0.05) is 29.3 Å². The highest BCUT2D eigenvalue weighted by Crippen LogP contribution is 2.39. The summed E-state index contributed by atoms with van der Waals surface area (Å²) in [7, 11) is 0. The summed E-state index contributed by atoms with van der Waals surface area (Å²) in [6.07, 6.45) is 0.975. The van der Waals surface area contributed by atoms with Crippen molar-refractivity contribution in [1.82, 2.24) is 5.32 Å². The summed E-state index contributed by atoms with van der Waals surface area (Å²) in [6, 6.07) is 20.2. The van der Waals surface area contributed by atoms with Gasteiger partial charge in [-0.2, -0.15) is 0 Å². The van der Waals surface area contributed by atoms with Gasteiger partial charge in [0.2, 0.25) is 0 Å². The van der Waals surface area contributed by atoms with Crippen molar-refractivity contribution in [2.24, 2.45) is 4.99 Å². The van der Waals surface area contributed by atoms with Gasteiger partial charge >= 0.3 is 0 Å². The number of hydrogen-bond acceptors (Lipinski definition) is 4. The summed E-state index contributed by atoms with van der Waals surface area (Å²) in [4.78, 5) is 4.86. The van der Waals surface area contributed by atoms with E-state index in [9.17, 15) is 9.50 Å². The van der Waals surface area contributed by atoms with Crippen LogP contribution in [0.3, 0.4) is 0 Å². The maximum Gasteiger partial charge on any atom is 0.162 e. The van der Waals surface area contributed by atoms with E-state index in [0.29, 0.717) is 29.9 Å². The van der Waals surface area contributed by atoms with E-state index < -0.39 is 6.17 Å². The van der Waals surface area contributed by atoms with Crippen molar-refractivity contribution in [1.29, 1.82) is 0 Å². The van der Waals surface area contributed by atoms with Gasteiger partial charge in [-0.15, -0.1) is 0 Å². The molecule has 0 unspecified atom stereocenters. The Bertz CT molecular complexity index is 1080. The Morgan fingerprint density at radius 3 is 2.45 bits per heavy atom. The molecule has 0 saturated heterocycles. The minimum Gasteiger partial charge on any atom is -0.504 e. The molecular formula is C26H27FN2O2. The summed E-state index contributed by atoms with van der Waals surface area (Å²) in [6.45, 7) is 4.46. The van der Waals surface area contributed by atoms with Crippen LogP contribution in [0.4, 0.5) is 4.39 Å². The quantitative estimate of drug-likeness (QED) is 0.539. The van der Waals surface area contributed by atoms with Crippen molar-refractivity contribution < 1.29 is 14.2 Å². The number of hydrogen-bond donors (Lipinski definition) is 2. The number of halogens is 1. The van der Waals surface area contributed by atoms with Gasteiger partial charge in [0.15, 0.2) is 11.5 Å². The lowest BCUT2D eigenvalue weighted by Gasteiger charge is -2.31. The van der Waals surface area contributed by atoms with Crippen molar-refractivity contribution in [2.75, 3.05) is 6.61 Å². The first-order chi connectivity index (χ1) is 15.1. The Morgan fingerprint density at radius 1 is 1.00 bits per heavy atom. The highest BCUT2D eigenvalue weighted by molar-refractivity contribution is 6.01. The predicted octanol–water partition coefficient (Wildman–Crippen LogP) is 5.71. The zero-order chi connectivity index (χ0) is 21.8. The maximum atomic E-state index is 14.6. The molecule has 0 saturated carbocycles. The van der Waals surface area contributed by atoms with Crippen LogP contribution >= 0.6 is 0 Å². The fraction of sp³-hybridized carbons (Fsp3) is 0.269. The number of aliphatic imine (C=N–C) groups is 1. The zero-order valence-corrected chi connectivity index (χ0v) is 17.8. The van der Waals surface area contributed by atoms with Crippen molar-refractivity contribution in [3.05, 3.63) is 94.8 Å². The normalized spacial score (nSPS) is 18.5. The molecule has 4 nitrogen and oxygen atoms in total. The number of ether oxygens (including phenoxy) is 1. The third-order valence-electron chi connectivity index (χ3n) is 5.64. The van der Waals surface area contributed by atoms with E-state index in [2.05, 4.69) is 36.5 Å². The first-order valence-corrected chi connectivity index (χ1v) is 10.7. The lowest BCUT2D eigenvalue weighted by molar-refractivity contribution is 0.313. The van der Waals surface area contributed by atoms with E-state index in [4.69, 9.17) is 9.73 Å². The number of aromatic hydroxyl groups is 1. The van der Waals surface area contributed by atoms with Crippen molar-refractivity contribution >= 4 is 5.71 Å². The number of nitrogens with one attached hydrogen (secondary N) is 1. The number of para-hydroxylation sites is 1. The Balaban J connectivity index is 1.76. The average Bonchev–Trinajstić information content (AvgIpc) is 2.80. The Kier molecular flexibility index (Phi) is 6.33. The first kappa shape index (κ1) is 21.1. The second-order valence-corrected chi connectivity index (χ2v) is 7.60. The average molecular weight is 419 g/mol. The largest absolute Gasteiger partial charge is 0.504 e. The highest BCUT2D eigenvalue weighted by atomic mass is 19.1. The van der Waals surface area contributed by atoms with Crippen LogP contribution in [0.5, 0.6) is 11.5 Å². The molecule has 0 aliphatic carbocycles. The van der Waals surface area contributed by atoms with Crippen LogP contribution in [0, 0.1) is 5.82 Å². The first-order valence-electron chi connectivity index (χ1n) is 10.7. The number of nitrogens with zero attached hydrogens (tertiary/aromatic N) is 1. The third kappa shape index (κ3) is 4.47. The summed E-state index contributed by atoms with van der Waals surface area (Å²) in [5.74, 6) is 0.245. The SMILES string of the molecule is CCOc1cccc([C@H]2CC(c3ccc(CC)cc3)=N[C@@H](c3ccccc3F)N2)c1O. The van der Waals surface area contributed by atoms with Crippen molar-refractivity contribution in [3.63, 3.8) is 0 Å². The summed E-state index contributed by atoms with van der Waals surface area (Å²) >= 11 is 0. The molecule has 1 aliphatic rings. The summed E-state index contributed by atoms with van der Waals surface area (Å²) in [5, 5.41) is 14.2. The fourth-order valence-corrected chi connectivity index (χ4v) is 3.96. The van der Waals surface area contributed by atoms with Gasteiger partial charge in [-0.1, -0.05) is 61.5 Å². The lowest BCUT2D eigenvalue weighted by atomic mass is 9.92. The van der Waals surface area contributed by atoms with Gasteiger partial charge in [0.05, 0.1) is 6.61 Å². The highest BCUT2D eigenvalue weighted by Gasteiger charge is 2.29. The van der Waals surface area contributed by atoms with E-state index in [1.165, 1.54) is 11.6 Å². The van der Waals surface area contributed by atoms with Gasteiger partial charge in [0.25, 0.3) is 0 Å². The predicted molar refractivity (Wildman–Crippen MR) is 121 cm³/mol. The van der Waals surface area contributed by atoms with Crippen LogP contribution in [0.1, 0.15) is 54.7 Å². The van der Waals surface area contributed by atoms with Gasteiger partial charge < -0.3 is 9.84 Å². The van der Waals surface area contributed by atoms with Crippen molar-refractivity contribution in [3.8, 4) is 11.5 Å². The molecule has 160 valence electrons. The van der Waals surface area contributed by atoms with Gasteiger partial charge in [-0.05, 0) is 36.6 Å². The summed E-state index contributed by atoms with van der Waals surface area (Å²) in [5.41, 5.74) is 4.33. The number of phenols is 1. The summed E-state index contributed by atoms with van der Waals surface area (Å²) < 4.78 is 20.2. The number of phenolic OH excluding ortho intramolecular Hbond substituents is 1.